The summed E-state index contributed by atoms with van der Waals surface area (Å²) in [6.07, 6.45) is 9.96. The number of nitrogens with one attached hydrogen (secondary N) is 2. The van der Waals surface area contributed by atoms with E-state index in [1.54, 1.807) is 6.92 Å². The molecule has 31 heavy (non-hydrogen) atoms. The molecule has 0 aliphatic carbocycles. The van der Waals surface area contributed by atoms with Crippen molar-refractivity contribution in [3.05, 3.63) is 30.3 Å². The lowest BCUT2D eigenvalue weighted by molar-refractivity contribution is -0.123. The Morgan fingerprint density at radius 1 is 0.903 bits per heavy atom. The molecule has 6 nitrogen and oxygen atoms in total. The minimum atomic E-state index is -0.506. The first-order valence-electron chi connectivity index (χ1n) is 11.9. The molecule has 1 rings (SSSR count). The largest absolute Gasteiger partial charge is 0.492 e. The van der Waals surface area contributed by atoms with Crippen LogP contribution in [0.5, 0.6) is 5.75 Å². The molecule has 1 aromatic rings. The van der Waals surface area contributed by atoms with Gasteiger partial charge in [-0.1, -0.05) is 63.6 Å². The number of unbranched alkanes of at least 4 members (excludes halogenated alkanes) is 7. The molecular formula is C25H42N2O4. The number of aliphatic hydroxyl groups excluding tert-OH is 1. The third-order valence-electron chi connectivity index (χ3n) is 5.36. The van der Waals surface area contributed by atoms with Gasteiger partial charge in [-0.2, -0.15) is 0 Å². The van der Waals surface area contributed by atoms with Crippen molar-refractivity contribution in [3.8, 4) is 5.75 Å². The minimum Gasteiger partial charge on any atom is -0.492 e. The summed E-state index contributed by atoms with van der Waals surface area (Å²) in [5.74, 6) is 0.954. The molecule has 0 spiro atoms. The summed E-state index contributed by atoms with van der Waals surface area (Å²) in [7, 11) is 0. The van der Waals surface area contributed by atoms with Gasteiger partial charge >= 0.3 is 0 Å². The highest BCUT2D eigenvalue weighted by molar-refractivity contribution is 5.76. The average Bonchev–Trinajstić information content (AvgIpc) is 2.76. The van der Waals surface area contributed by atoms with Crippen LogP contribution in [0, 0.1) is 0 Å². The molecule has 0 unspecified atom stereocenters. The lowest BCUT2D eigenvalue weighted by atomic mass is 10.1. The Kier molecular flexibility index (Phi) is 15.3. The number of benzene rings is 1. The molecule has 6 heteroatoms. The van der Waals surface area contributed by atoms with Gasteiger partial charge in [-0.05, 0) is 38.3 Å². The average molecular weight is 435 g/mol. The Labute approximate surface area is 188 Å². The van der Waals surface area contributed by atoms with Crippen molar-refractivity contribution in [2.24, 2.45) is 0 Å². The van der Waals surface area contributed by atoms with E-state index in [0.717, 1.165) is 50.7 Å². The minimum absolute atomic E-state index is 0.0395. The van der Waals surface area contributed by atoms with E-state index >= 15 is 0 Å². The summed E-state index contributed by atoms with van der Waals surface area (Å²) in [5.41, 5.74) is 0. The van der Waals surface area contributed by atoms with E-state index in [4.69, 9.17) is 4.74 Å². The number of ether oxygens (including phenoxy) is 1. The van der Waals surface area contributed by atoms with Crippen LogP contribution in [-0.2, 0) is 9.59 Å². The maximum Gasteiger partial charge on any atom is 0.220 e. The molecule has 3 N–H and O–H groups in total. The summed E-state index contributed by atoms with van der Waals surface area (Å²) in [6, 6.07) is 9.46. The zero-order chi connectivity index (χ0) is 22.7. The number of para-hydroxylation sites is 1. The Balaban J connectivity index is 1.86. The molecule has 2 atom stereocenters. The number of amides is 2. The van der Waals surface area contributed by atoms with Crippen LogP contribution in [0.15, 0.2) is 30.3 Å². The van der Waals surface area contributed by atoms with Crippen LogP contribution in [-0.4, -0.2) is 42.2 Å². The monoisotopic (exact) mass is 434 g/mol. The van der Waals surface area contributed by atoms with E-state index in [-0.39, 0.29) is 17.9 Å². The first-order chi connectivity index (χ1) is 15.0. The number of hydrogen-bond acceptors (Lipinski definition) is 4. The number of carbonyl (C=O) groups is 2. The van der Waals surface area contributed by atoms with E-state index in [2.05, 4.69) is 10.6 Å². The fraction of sp³-hybridized carbons (Fsp3) is 0.680. The fourth-order valence-electron chi connectivity index (χ4n) is 3.44. The second-order valence-corrected chi connectivity index (χ2v) is 8.16. The van der Waals surface area contributed by atoms with E-state index in [9.17, 15) is 14.7 Å². The van der Waals surface area contributed by atoms with Crippen LogP contribution >= 0.6 is 0 Å². The van der Waals surface area contributed by atoms with Crippen LogP contribution < -0.4 is 15.4 Å². The Hall–Kier alpha value is -2.08. The quantitative estimate of drug-likeness (QED) is 0.300. The van der Waals surface area contributed by atoms with Crippen LogP contribution in [0.25, 0.3) is 0 Å². The maximum absolute atomic E-state index is 11.9. The third-order valence-corrected chi connectivity index (χ3v) is 5.36. The van der Waals surface area contributed by atoms with Gasteiger partial charge in [-0.15, -0.1) is 0 Å². The lowest BCUT2D eigenvalue weighted by Crippen LogP contribution is -2.41. The Morgan fingerprint density at radius 3 is 2.00 bits per heavy atom. The first-order valence-corrected chi connectivity index (χ1v) is 11.9. The van der Waals surface area contributed by atoms with Crippen molar-refractivity contribution in [2.45, 2.75) is 96.6 Å². The van der Waals surface area contributed by atoms with Crippen molar-refractivity contribution in [1.82, 2.24) is 10.6 Å². The van der Waals surface area contributed by atoms with Crippen molar-refractivity contribution < 1.29 is 19.4 Å². The SMILES string of the molecule is CC[C@@H](NC(=O)CCCCCCCCCCC(=O)NCCOc1ccccc1)[C@@H](C)O. The van der Waals surface area contributed by atoms with Crippen LogP contribution in [0.4, 0.5) is 0 Å². The smallest absolute Gasteiger partial charge is 0.220 e. The predicted molar refractivity (Wildman–Crippen MR) is 125 cm³/mol. The second-order valence-electron chi connectivity index (χ2n) is 8.16. The van der Waals surface area contributed by atoms with E-state index in [1.165, 1.54) is 12.8 Å². The molecule has 1 aromatic carbocycles. The third kappa shape index (κ3) is 14.5. The normalized spacial score (nSPS) is 12.7. The van der Waals surface area contributed by atoms with E-state index < -0.39 is 6.10 Å². The standard InChI is InChI=1S/C25H42N2O4/c1-3-23(21(2)28)27-25(30)18-14-9-7-5-4-6-8-13-17-24(29)26-19-20-31-22-15-11-10-12-16-22/h10-12,15-16,21,23,28H,3-9,13-14,17-20H2,1-2H3,(H,26,29)(H,27,30)/t21-,23-/m1/s1. The van der Waals surface area contributed by atoms with E-state index in [0.29, 0.717) is 26.0 Å². The second kappa shape index (κ2) is 17.6. The number of aliphatic hydroxyl groups is 1. The Bertz CT molecular complexity index is 592. The lowest BCUT2D eigenvalue weighted by Gasteiger charge is -2.19. The van der Waals surface area contributed by atoms with Gasteiger partial charge in [0.1, 0.15) is 12.4 Å². The summed E-state index contributed by atoms with van der Waals surface area (Å²) in [5, 5.41) is 15.4. The van der Waals surface area contributed by atoms with Crippen molar-refractivity contribution in [2.75, 3.05) is 13.2 Å². The van der Waals surface area contributed by atoms with Gasteiger partial charge < -0.3 is 20.5 Å². The molecule has 0 aliphatic heterocycles. The molecule has 0 fully saturated rings. The highest BCUT2D eigenvalue weighted by atomic mass is 16.5. The van der Waals surface area contributed by atoms with Crippen LogP contribution in [0.1, 0.15) is 84.5 Å². The Morgan fingerprint density at radius 2 is 1.45 bits per heavy atom. The van der Waals surface area contributed by atoms with Gasteiger partial charge in [0.25, 0.3) is 0 Å². The molecule has 0 bridgehead atoms. The number of hydrogen-bond donors (Lipinski definition) is 3. The van der Waals surface area contributed by atoms with Gasteiger partial charge in [-0.25, -0.2) is 0 Å². The van der Waals surface area contributed by atoms with Crippen molar-refractivity contribution in [3.63, 3.8) is 0 Å². The van der Waals surface area contributed by atoms with Gasteiger partial charge in [0.2, 0.25) is 11.8 Å². The van der Waals surface area contributed by atoms with Crippen molar-refractivity contribution in [1.29, 1.82) is 0 Å². The molecule has 0 aromatic heterocycles. The molecule has 0 saturated carbocycles. The zero-order valence-corrected chi connectivity index (χ0v) is 19.4. The summed E-state index contributed by atoms with van der Waals surface area (Å²) in [6.45, 7) is 4.69. The highest BCUT2D eigenvalue weighted by Gasteiger charge is 2.14. The van der Waals surface area contributed by atoms with Crippen LogP contribution in [0.3, 0.4) is 0 Å². The number of carbonyl (C=O) groups excluding carboxylic acids is 2. The number of rotatable bonds is 18. The van der Waals surface area contributed by atoms with Gasteiger partial charge in [0.15, 0.2) is 0 Å². The first kappa shape index (κ1) is 27.0. The van der Waals surface area contributed by atoms with Crippen molar-refractivity contribution >= 4 is 11.8 Å². The van der Waals surface area contributed by atoms with Gasteiger partial charge in [-0.3, -0.25) is 9.59 Å². The van der Waals surface area contributed by atoms with E-state index in [1.807, 2.05) is 37.3 Å². The molecule has 0 aliphatic rings. The summed E-state index contributed by atoms with van der Waals surface area (Å²) >= 11 is 0. The summed E-state index contributed by atoms with van der Waals surface area (Å²) in [4.78, 5) is 23.7. The predicted octanol–water partition coefficient (Wildman–Crippen LogP) is 4.36. The molecule has 0 heterocycles. The topological polar surface area (TPSA) is 87.7 Å². The molecule has 2 amide bonds. The molecular weight excluding hydrogens is 392 g/mol. The molecule has 176 valence electrons. The molecule has 0 radical (unpaired) electrons. The van der Waals surface area contributed by atoms with Crippen LogP contribution in [0.2, 0.25) is 0 Å². The molecule has 0 saturated heterocycles. The zero-order valence-electron chi connectivity index (χ0n) is 19.4. The highest BCUT2D eigenvalue weighted by Crippen LogP contribution is 2.11. The van der Waals surface area contributed by atoms with Gasteiger partial charge in [0.05, 0.1) is 18.7 Å². The maximum atomic E-state index is 11.9. The summed E-state index contributed by atoms with van der Waals surface area (Å²) < 4.78 is 5.55. The fourth-order valence-corrected chi connectivity index (χ4v) is 3.44. The van der Waals surface area contributed by atoms with Gasteiger partial charge in [0, 0.05) is 12.8 Å².